The molecule has 0 aliphatic rings. The second kappa shape index (κ2) is 24.6. The van der Waals surface area contributed by atoms with E-state index < -0.39 is 18.0 Å². The number of esters is 2. The number of nitrogens with one attached hydrogen (secondary N) is 1. The first-order chi connectivity index (χ1) is 22.5. The van der Waals surface area contributed by atoms with Gasteiger partial charge in [-0.1, -0.05) is 122 Å². The second-order valence-electron chi connectivity index (χ2n) is 10.4. The maximum absolute atomic E-state index is 13.2. The molecule has 0 saturated carbocycles. The van der Waals surface area contributed by atoms with Crippen LogP contribution in [0.3, 0.4) is 0 Å². The van der Waals surface area contributed by atoms with Gasteiger partial charge in [0.05, 0.1) is 6.61 Å². The number of hydrogen-bond acceptors (Lipinski definition) is 5. The van der Waals surface area contributed by atoms with E-state index in [4.69, 9.17) is 9.47 Å². The first-order valence-corrected chi connectivity index (χ1v) is 16.3. The predicted molar refractivity (Wildman–Crippen MR) is 188 cm³/mol. The summed E-state index contributed by atoms with van der Waals surface area (Å²) in [7, 11) is 0. The first-order valence-electron chi connectivity index (χ1n) is 16.3. The molecule has 1 unspecified atom stereocenters. The molecule has 6 nitrogen and oxygen atoms in total. The molecule has 0 aliphatic carbocycles. The zero-order chi connectivity index (χ0) is 33.1. The Morgan fingerprint density at radius 1 is 0.674 bits per heavy atom. The SMILES string of the molecule is CC/C=C\C/C=C\C/C=C\C/C=C\C/C=C\C/C=C\CCC(=O)NC(Cc1ccccc1)C(=O)Oc1ccccc1C(=O)OCC. The Hall–Kier alpha value is -4.71. The van der Waals surface area contributed by atoms with Crippen molar-refractivity contribution in [2.45, 2.75) is 77.7 Å². The largest absolute Gasteiger partial charge is 0.462 e. The lowest BCUT2D eigenvalue weighted by atomic mass is 10.1. The van der Waals surface area contributed by atoms with Crippen LogP contribution in [-0.2, 0) is 20.7 Å². The lowest BCUT2D eigenvalue weighted by molar-refractivity contribution is -0.139. The second-order valence-corrected chi connectivity index (χ2v) is 10.4. The molecule has 2 aromatic carbocycles. The fourth-order valence-corrected chi connectivity index (χ4v) is 4.28. The van der Waals surface area contributed by atoms with Crippen molar-refractivity contribution in [2.24, 2.45) is 0 Å². The number of carbonyl (C=O) groups excluding carboxylic acids is 3. The van der Waals surface area contributed by atoms with Crippen molar-refractivity contribution in [1.82, 2.24) is 5.32 Å². The Morgan fingerprint density at radius 2 is 1.20 bits per heavy atom. The predicted octanol–water partition coefficient (Wildman–Crippen LogP) is 8.97. The normalized spacial score (nSPS) is 12.7. The molecule has 1 atom stereocenters. The zero-order valence-corrected chi connectivity index (χ0v) is 27.3. The summed E-state index contributed by atoms with van der Waals surface area (Å²) in [5.41, 5.74) is 1.03. The molecule has 1 amide bonds. The van der Waals surface area contributed by atoms with E-state index in [0.29, 0.717) is 6.42 Å². The van der Waals surface area contributed by atoms with Crippen molar-refractivity contribution in [3.05, 3.63) is 139 Å². The molecule has 2 aromatic rings. The van der Waals surface area contributed by atoms with Gasteiger partial charge in [0.1, 0.15) is 17.4 Å². The number of hydrogen-bond donors (Lipinski definition) is 1. The molecule has 0 spiro atoms. The van der Waals surface area contributed by atoms with Crippen LogP contribution >= 0.6 is 0 Å². The summed E-state index contributed by atoms with van der Waals surface area (Å²) in [6, 6.07) is 14.9. The zero-order valence-electron chi connectivity index (χ0n) is 27.3. The van der Waals surface area contributed by atoms with Crippen LogP contribution in [0.25, 0.3) is 0 Å². The number of rotatable bonds is 21. The van der Waals surface area contributed by atoms with Gasteiger partial charge in [-0.25, -0.2) is 9.59 Å². The van der Waals surface area contributed by atoms with Crippen LogP contribution in [0.1, 0.15) is 81.1 Å². The van der Waals surface area contributed by atoms with Crippen LogP contribution in [-0.4, -0.2) is 30.5 Å². The summed E-state index contributed by atoms with van der Waals surface area (Å²) >= 11 is 0. The van der Waals surface area contributed by atoms with Crippen molar-refractivity contribution in [3.63, 3.8) is 0 Å². The molecule has 0 aromatic heterocycles. The van der Waals surface area contributed by atoms with Gasteiger partial charge in [0, 0.05) is 12.8 Å². The summed E-state index contributed by atoms with van der Waals surface area (Å²) in [6.45, 7) is 4.05. The molecule has 0 saturated heterocycles. The minimum Gasteiger partial charge on any atom is -0.462 e. The van der Waals surface area contributed by atoms with Gasteiger partial charge < -0.3 is 14.8 Å². The van der Waals surface area contributed by atoms with Crippen LogP contribution in [0.5, 0.6) is 5.75 Å². The Kier molecular flexibility index (Phi) is 20.0. The van der Waals surface area contributed by atoms with Gasteiger partial charge in [-0.3, -0.25) is 4.79 Å². The fraction of sp³-hybridized carbons (Fsp3) is 0.325. The fourth-order valence-electron chi connectivity index (χ4n) is 4.28. The number of benzene rings is 2. The molecule has 0 bridgehead atoms. The average molecular weight is 624 g/mol. The van der Waals surface area contributed by atoms with Gasteiger partial charge in [-0.05, 0) is 69.6 Å². The van der Waals surface area contributed by atoms with E-state index in [2.05, 4.69) is 73.0 Å². The molecule has 0 radical (unpaired) electrons. The number of ether oxygens (including phenoxy) is 2. The van der Waals surface area contributed by atoms with Crippen LogP contribution in [0.2, 0.25) is 0 Å². The van der Waals surface area contributed by atoms with Gasteiger partial charge in [-0.15, -0.1) is 0 Å². The molecule has 244 valence electrons. The number of para-hydroxylation sites is 1. The van der Waals surface area contributed by atoms with Crippen LogP contribution in [0, 0.1) is 0 Å². The van der Waals surface area contributed by atoms with Gasteiger partial charge in [-0.2, -0.15) is 0 Å². The van der Waals surface area contributed by atoms with E-state index in [9.17, 15) is 14.4 Å². The summed E-state index contributed by atoms with van der Waals surface area (Å²) in [4.78, 5) is 38.3. The molecule has 0 aliphatic heterocycles. The Balaban J connectivity index is 1.76. The third-order valence-electron chi connectivity index (χ3n) is 6.63. The molecule has 46 heavy (non-hydrogen) atoms. The van der Waals surface area contributed by atoms with Crippen molar-refractivity contribution in [2.75, 3.05) is 6.61 Å². The molecular weight excluding hydrogens is 574 g/mol. The number of carbonyl (C=O) groups is 3. The first kappa shape index (κ1) is 37.5. The molecule has 6 heteroatoms. The number of allylic oxidation sites excluding steroid dienone is 12. The van der Waals surface area contributed by atoms with Crippen LogP contribution in [0.4, 0.5) is 0 Å². The summed E-state index contributed by atoms with van der Waals surface area (Å²) < 4.78 is 10.7. The molecule has 1 N–H and O–H groups in total. The van der Waals surface area contributed by atoms with Crippen LogP contribution in [0.15, 0.2) is 128 Å². The minimum absolute atomic E-state index is 0.0937. The Bertz CT molecular complexity index is 1350. The van der Waals surface area contributed by atoms with Gasteiger partial charge in [0.2, 0.25) is 5.91 Å². The van der Waals surface area contributed by atoms with Crippen molar-refractivity contribution >= 4 is 17.8 Å². The lowest BCUT2D eigenvalue weighted by Gasteiger charge is -2.18. The van der Waals surface area contributed by atoms with Gasteiger partial charge in [0.15, 0.2) is 0 Å². The third-order valence-corrected chi connectivity index (χ3v) is 6.63. The highest BCUT2D eigenvalue weighted by Crippen LogP contribution is 2.20. The summed E-state index contributed by atoms with van der Waals surface area (Å²) in [5.74, 6) is -1.39. The third kappa shape index (κ3) is 17.0. The minimum atomic E-state index is -0.921. The molecule has 0 fully saturated rings. The van der Waals surface area contributed by atoms with E-state index in [1.807, 2.05) is 42.5 Å². The Labute approximate surface area is 275 Å². The number of amides is 1. The Morgan fingerprint density at radius 3 is 1.76 bits per heavy atom. The molecule has 0 heterocycles. The van der Waals surface area contributed by atoms with E-state index >= 15 is 0 Å². The lowest BCUT2D eigenvalue weighted by Crippen LogP contribution is -2.44. The smallest absolute Gasteiger partial charge is 0.341 e. The van der Waals surface area contributed by atoms with Gasteiger partial charge in [0.25, 0.3) is 0 Å². The summed E-state index contributed by atoms with van der Waals surface area (Å²) in [5, 5.41) is 2.82. The molecular formula is C40H49NO5. The van der Waals surface area contributed by atoms with Crippen molar-refractivity contribution in [3.8, 4) is 5.75 Å². The molecule has 2 rings (SSSR count). The van der Waals surface area contributed by atoms with E-state index in [0.717, 1.165) is 44.1 Å². The maximum Gasteiger partial charge on any atom is 0.341 e. The van der Waals surface area contributed by atoms with Crippen molar-refractivity contribution < 1.29 is 23.9 Å². The highest BCUT2D eigenvalue weighted by Gasteiger charge is 2.25. The average Bonchev–Trinajstić information content (AvgIpc) is 3.06. The van der Waals surface area contributed by atoms with E-state index in [1.165, 1.54) is 12.1 Å². The van der Waals surface area contributed by atoms with Gasteiger partial charge >= 0.3 is 11.9 Å². The standard InChI is InChI=1S/C40H49NO5/c1-3-5-6-7-8-9-10-11-12-13-14-15-16-17-18-19-20-21-25-32-38(42)41-36(33-34-28-23-22-24-29-34)40(44)46-37-31-27-26-30-35(37)39(43)45-4-2/h5-6,8-9,11-12,14-15,17-18,20-24,26-31,36H,3-4,7,10,13,16,19,25,32-33H2,1-2H3,(H,41,42)/b6-5-,9-8-,12-11-,15-14-,18-17-,21-20-. The maximum atomic E-state index is 13.2. The van der Waals surface area contributed by atoms with Crippen molar-refractivity contribution in [1.29, 1.82) is 0 Å². The van der Waals surface area contributed by atoms with E-state index in [-0.39, 0.29) is 36.7 Å². The topological polar surface area (TPSA) is 81.7 Å². The monoisotopic (exact) mass is 623 g/mol. The quantitative estimate of drug-likeness (QED) is 0.0853. The highest BCUT2D eigenvalue weighted by molar-refractivity contribution is 5.94. The van der Waals surface area contributed by atoms with E-state index in [1.54, 1.807) is 19.1 Å². The highest BCUT2D eigenvalue weighted by atomic mass is 16.5. The summed E-state index contributed by atoms with van der Waals surface area (Å²) in [6.07, 6.45) is 32.4. The van der Waals surface area contributed by atoms with Crippen LogP contribution < -0.4 is 10.1 Å².